The van der Waals surface area contributed by atoms with Gasteiger partial charge in [-0.1, -0.05) is 0 Å². The molecule has 47 heavy (non-hydrogen) atoms. The second-order valence-corrected chi connectivity index (χ2v) is 10.4. The summed E-state index contributed by atoms with van der Waals surface area (Å²) in [6, 6.07) is 1.93. The zero-order chi connectivity index (χ0) is 35.1. The van der Waals surface area contributed by atoms with Gasteiger partial charge < -0.3 is 75.1 Å². The highest BCUT2D eigenvalue weighted by molar-refractivity contribution is 5.98. The van der Waals surface area contributed by atoms with Crippen molar-refractivity contribution in [2.75, 3.05) is 6.61 Å². The van der Waals surface area contributed by atoms with Crippen molar-refractivity contribution in [1.29, 1.82) is 0 Å². The molecule has 2 aliphatic rings. The number of carbonyl (C=O) groups is 5. The van der Waals surface area contributed by atoms with Gasteiger partial charge in [-0.05, 0) is 18.2 Å². The van der Waals surface area contributed by atoms with Gasteiger partial charge in [-0.15, -0.1) is 0 Å². The lowest BCUT2D eigenvalue weighted by Crippen LogP contribution is -2.59. The van der Waals surface area contributed by atoms with E-state index in [0.717, 1.165) is 0 Å². The van der Waals surface area contributed by atoms with Gasteiger partial charge in [0.05, 0.1) is 29.4 Å². The van der Waals surface area contributed by atoms with Crippen LogP contribution in [-0.2, 0) is 33.3 Å². The van der Waals surface area contributed by atoms with Gasteiger partial charge in [-0.3, -0.25) is 9.59 Å². The minimum Gasteiger partial charge on any atom is -0.504 e. The molecule has 0 amide bonds. The monoisotopic (exact) mass is 670 g/mol. The summed E-state index contributed by atoms with van der Waals surface area (Å²) in [7, 11) is 0. The molecule has 0 spiro atoms. The zero-order valence-corrected chi connectivity index (χ0v) is 23.4. The van der Waals surface area contributed by atoms with Crippen molar-refractivity contribution in [3.05, 3.63) is 34.9 Å². The van der Waals surface area contributed by atoms with Crippen molar-refractivity contribution in [2.45, 2.75) is 49.1 Å². The molecule has 20 heteroatoms. The van der Waals surface area contributed by atoms with E-state index in [9.17, 15) is 80.1 Å². The van der Waals surface area contributed by atoms with Crippen LogP contribution in [0.25, 0.3) is 0 Å². The quantitative estimate of drug-likeness (QED) is 0.0774. The van der Waals surface area contributed by atoms with Crippen molar-refractivity contribution in [1.82, 2.24) is 0 Å². The third kappa shape index (κ3) is 6.56. The fraction of sp³-hybridized carbons (Fsp3) is 0.370. The Morgan fingerprint density at radius 1 is 0.809 bits per heavy atom. The van der Waals surface area contributed by atoms with Crippen LogP contribution in [0.1, 0.15) is 38.6 Å². The van der Waals surface area contributed by atoms with Crippen LogP contribution < -0.4 is 0 Å². The fourth-order valence-electron chi connectivity index (χ4n) is 5.05. The molecular formula is C27H26O20. The van der Waals surface area contributed by atoms with Crippen LogP contribution in [0.4, 0.5) is 0 Å². The van der Waals surface area contributed by atoms with E-state index in [1.54, 1.807) is 0 Å². The van der Waals surface area contributed by atoms with E-state index in [0.29, 0.717) is 18.2 Å². The predicted molar refractivity (Wildman–Crippen MR) is 141 cm³/mol. The number of aromatic hydroxyl groups is 6. The van der Waals surface area contributed by atoms with Crippen LogP contribution >= 0.6 is 0 Å². The second kappa shape index (κ2) is 13.0. The molecule has 254 valence electrons. The first-order chi connectivity index (χ1) is 21.9. The Kier molecular flexibility index (Phi) is 9.52. The van der Waals surface area contributed by atoms with Gasteiger partial charge >= 0.3 is 29.8 Å². The Morgan fingerprint density at radius 2 is 1.40 bits per heavy atom. The number of benzene rings is 2. The van der Waals surface area contributed by atoms with E-state index in [1.807, 2.05) is 0 Å². The number of rotatable bonds is 9. The molecule has 0 aliphatic carbocycles. The largest absolute Gasteiger partial charge is 0.504 e. The summed E-state index contributed by atoms with van der Waals surface area (Å²) >= 11 is 0. The number of carboxylic acid groups (broad SMARTS) is 2. The number of esters is 3. The van der Waals surface area contributed by atoms with E-state index in [4.69, 9.17) is 18.9 Å². The fourth-order valence-corrected chi connectivity index (χ4v) is 5.05. The summed E-state index contributed by atoms with van der Waals surface area (Å²) in [5.74, 6) is -18.5. The average Bonchev–Trinajstić information content (AvgIpc) is 3.00. The molecule has 2 aromatic rings. The first-order valence-corrected chi connectivity index (χ1v) is 13.2. The summed E-state index contributed by atoms with van der Waals surface area (Å²) in [6.07, 6.45) is -13.8. The maximum atomic E-state index is 13.3. The maximum Gasteiger partial charge on any atom is 0.345 e. The molecule has 0 radical (unpaired) electrons. The number of hydrogen-bond donors (Lipinski definition) is 11. The minimum absolute atomic E-state index is 0.572. The first kappa shape index (κ1) is 34.3. The van der Waals surface area contributed by atoms with Crippen LogP contribution in [-0.4, -0.2) is 129 Å². The summed E-state index contributed by atoms with van der Waals surface area (Å²) in [6.45, 7) is -1.08. The normalized spacial score (nSPS) is 25.9. The third-order valence-electron chi connectivity index (χ3n) is 7.37. The van der Waals surface area contributed by atoms with E-state index in [2.05, 4.69) is 0 Å². The molecule has 0 bridgehead atoms. The number of aliphatic hydroxyl groups excluding tert-OH is 3. The maximum absolute atomic E-state index is 13.3. The zero-order valence-electron chi connectivity index (χ0n) is 23.4. The lowest BCUT2D eigenvalue weighted by Gasteiger charge is -2.40. The highest BCUT2D eigenvalue weighted by Gasteiger charge is 2.51. The standard InChI is InChI=1S/C27H26O20/c28-9-1-6(2-10(29)16(9)33)24(41)47-27-21(38)20(37)18(35)12(45-27)5-44-25(42)8(4-13(31)32)15-14-7(3-11(30)17(34)19(14)36)26(43)46-22(15)23(39)40/h1-3,8,12,15,18,20-22,27-30,33-38H,4-5H2,(H,31,32)(H,39,40)/t8-,12-,15-,18+,20-,21-,22-,27-/m0/s1. The van der Waals surface area contributed by atoms with Gasteiger partial charge in [-0.25, -0.2) is 14.4 Å². The Balaban J connectivity index is 1.60. The number of aliphatic hydroxyl groups is 3. The van der Waals surface area contributed by atoms with Crippen LogP contribution in [0.5, 0.6) is 34.5 Å². The van der Waals surface area contributed by atoms with Gasteiger partial charge in [0, 0.05) is 5.56 Å². The van der Waals surface area contributed by atoms with Crippen molar-refractivity contribution >= 4 is 29.8 Å². The van der Waals surface area contributed by atoms with E-state index in [1.165, 1.54) is 0 Å². The molecule has 0 saturated carbocycles. The molecule has 2 aromatic carbocycles. The minimum atomic E-state index is -2.34. The first-order valence-electron chi connectivity index (χ1n) is 13.2. The summed E-state index contributed by atoms with van der Waals surface area (Å²) in [4.78, 5) is 62.1. The third-order valence-corrected chi connectivity index (χ3v) is 7.37. The van der Waals surface area contributed by atoms with Gasteiger partial charge in [0.15, 0.2) is 28.7 Å². The number of carboxylic acids is 2. The number of hydrogen-bond acceptors (Lipinski definition) is 18. The molecule has 4 rings (SSSR count). The number of phenolic OH excluding ortho intramolecular Hbond substituents is 6. The Hall–Kier alpha value is -5.57. The Bertz CT molecular complexity index is 1590. The van der Waals surface area contributed by atoms with Gasteiger partial charge in [0.2, 0.25) is 18.1 Å². The van der Waals surface area contributed by atoms with Crippen molar-refractivity contribution in [3.63, 3.8) is 0 Å². The molecule has 8 atom stereocenters. The summed E-state index contributed by atoms with van der Waals surface area (Å²) < 4.78 is 20.1. The summed E-state index contributed by atoms with van der Waals surface area (Å²) in [5.41, 5.74) is -2.05. The smallest absolute Gasteiger partial charge is 0.345 e. The molecule has 0 aromatic heterocycles. The number of cyclic esters (lactones) is 1. The second-order valence-electron chi connectivity index (χ2n) is 10.4. The lowest BCUT2D eigenvalue weighted by molar-refractivity contribution is -0.286. The molecular weight excluding hydrogens is 644 g/mol. The highest BCUT2D eigenvalue weighted by Crippen LogP contribution is 2.49. The highest BCUT2D eigenvalue weighted by atomic mass is 16.7. The van der Waals surface area contributed by atoms with Gasteiger partial charge in [0.1, 0.15) is 31.0 Å². The SMILES string of the molecule is O=C(O)C[C@H](C(=O)OC[C@@H]1O[C@@H](OC(=O)c2cc(O)c(O)c(O)c2)[C@@H](O)[C@@H](O)[C@@H]1O)[C@H]1c2c(cc(O)c(O)c2O)C(=O)O[C@@H]1C(=O)O. The molecule has 1 saturated heterocycles. The van der Waals surface area contributed by atoms with Gasteiger partial charge in [-0.2, -0.15) is 0 Å². The molecule has 1 fully saturated rings. The van der Waals surface area contributed by atoms with Crippen LogP contribution in [0, 0.1) is 5.92 Å². The van der Waals surface area contributed by atoms with E-state index >= 15 is 0 Å². The van der Waals surface area contributed by atoms with Crippen LogP contribution in [0.3, 0.4) is 0 Å². The van der Waals surface area contributed by atoms with Gasteiger partial charge in [0.25, 0.3) is 0 Å². The predicted octanol–water partition coefficient (Wildman–Crippen LogP) is -2.07. The topological polar surface area (TPSA) is 345 Å². The lowest BCUT2D eigenvalue weighted by atomic mass is 9.76. The molecule has 11 N–H and O–H groups in total. The summed E-state index contributed by atoms with van der Waals surface area (Å²) in [5, 5.41) is 109. The van der Waals surface area contributed by atoms with E-state index in [-0.39, 0.29) is 0 Å². The van der Waals surface area contributed by atoms with Crippen molar-refractivity contribution < 1.29 is 99.1 Å². The van der Waals surface area contributed by atoms with Crippen LogP contribution in [0.2, 0.25) is 0 Å². The number of ether oxygens (including phenoxy) is 4. The average molecular weight is 670 g/mol. The Morgan fingerprint density at radius 3 is 1.98 bits per heavy atom. The van der Waals surface area contributed by atoms with Crippen molar-refractivity contribution in [2.24, 2.45) is 5.92 Å². The molecule has 0 unspecified atom stereocenters. The van der Waals surface area contributed by atoms with Crippen molar-refractivity contribution in [3.8, 4) is 34.5 Å². The van der Waals surface area contributed by atoms with E-state index < -0.39 is 143 Å². The number of phenols is 6. The Labute approximate surface area is 260 Å². The number of carbonyl (C=O) groups excluding carboxylic acids is 3. The van der Waals surface area contributed by atoms with Crippen LogP contribution in [0.15, 0.2) is 18.2 Å². The molecule has 2 heterocycles. The molecule has 2 aliphatic heterocycles. The molecule has 20 nitrogen and oxygen atoms in total. The number of fused-ring (bicyclic) bond motifs is 1. The number of aliphatic carboxylic acids is 2.